The first-order valence-corrected chi connectivity index (χ1v) is 10.1. The Morgan fingerprint density at radius 2 is 1.82 bits per heavy atom. The Balaban J connectivity index is 1.74. The molecular weight excluding hydrogens is 488 g/mol. The van der Waals surface area contributed by atoms with Crippen LogP contribution in [-0.2, 0) is 11.2 Å². The van der Waals surface area contributed by atoms with E-state index in [9.17, 15) is 9.59 Å². The van der Waals surface area contributed by atoms with Gasteiger partial charge >= 0.3 is 0 Å². The van der Waals surface area contributed by atoms with Crippen molar-refractivity contribution in [2.24, 2.45) is 0 Å². The lowest BCUT2D eigenvalue weighted by Gasteiger charge is -2.17. The smallest absolute Gasteiger partial charge is 0.269 e. The highest BCUT2D eigenvalue weighted by molar-refractivity contribution is 9.10. The molecule has 0 aliphatic carbocycles. The number of nitrogens with zero attached hydrogens (tertiary/aromatic N) is 1. The van der Waals surface area contributed by atoms with Gasteiger partial charge in [-0.15, -0.1) is 0 Å². The van der Waals surface area contributed by atoms with Crippen molar-refractivity contribution in [1.29, 1.82) is 0 Å². The second kappa shape index (κ2) is 9.16. The molecule has 0 saturated carbocycles. The molecule has 1 heterocycles. The van der Waals surface area contributed by atoms with E-state index in [1.165, 1.54) is 0 Å². The zero-order valence-corrected chi connectivity index (χ0v) is 18.2. The highest BCUT2D eigenvalue weighted by atomic mass is 79.9. The third-order valence-corrected chi connectivity index (χ3v) is 5.18. The summed E-state index contributed by atoms with van der Waals surface area (Å²) >= 11 is 6.81. The average Bonchev–Trinajstić information content (AvgIpc) is 3.18. The minimum atomic E-state index is -0.703. The number of nitrogens with one attached hydrogen (secondary N) is 3. The highest BCUT2D eigenvalue weighted by Crippen LogP contribution is 2.20. The van der Waals surface area contributed by atoms with Crippen LogP contribution >= 0.6 is 31.9 Å². The predicted octanol–water partition coefficient (Wildman–Crippen LogP) is 3.69. The van der Waals surface area contributed by atoms with Crippen molar-refractivity contribution < 1.29 is 9.59 Å². The van der Waals surface area contributed by atoms with E-state index in [0.29, 0.717) is 17.8 Å². The van der Waals surface area contributed by atoms with Crippen LogP contribution in [0.5, 0.6) is 0 Å². The van der Waals surface area contributed by atoms with Crippen LogP contribution in [0.3, 0.4) is 0 Å². The zero-order chi connectivity index (χ0) is 20.1. The Morgan fingerprint density at radius 1 is 1.07 bits per heavy atom. The topological polar surface area (TPSA) is 86.9 Å². The molecule has 0 aliphatic rings. The van der Waals surface area contributed by atoms with Crippen LogP contribution < -0.4 is 10.6 Å². The summed E-state index contributed by atoms with van der Waals surface area (Å²) in [4.78, 5) is 24.9. The van der Waals surface area contributed by atoms with Crippen LogP contribution in [0.1, 0.15) is 16.1 Å². The van der Waals surface area contributed by atoms with Gasteiger partial charge in [-0.2, -0.15) is 5.10 Å². The summed E-state index contributed by atoms with van der Waals surface area (Å²) in [6.07, 6.45) is 0.374. The van der Waals surface area contributed by atoms with Gasteiger partial charge in [0.15, 0.2) is 0 Å². The maximum atomic E-state index is 12.7. The minimum Gasteiger partial charge on any atom is -0.357 e. The molecule has 0 spiro atoms. The van der Waals surface area contributed by atoms with Crippen LogP contribution in [0.4, 0.5) is 0 Å². The molecule has 144 valence electrons. The average molecular weight is 506 g/mol. The number of aromatic amines is 1. The fraction of sp³-hybridized carbons (Fsp3) is 0.150. The molecule has 3 N–H and O–H groups in total. The van der Waals surface area contributed by atoms with Crippen LogP contribution in [0, 0.1) is 0 Å². The van der Waals surface area contributed by atoms with Crippen molar-refractivity contribution in [2.45, 2.75) is 12.5 Å². The van der Waals surface area contributed by atoms with E-state index in [1.54, 1.807) is 13.1 Å². The van der Waals surface area contributed by atoms with Gasteiger partial charge in [0.25, 0.3) is 5.91 Å². The number of rotatable bonds is 6. The molecule has 0 radical (unpaired) electrons. The summed E-state index contributed by atoms with van der Waals surface area (Å²) < 4.78 is 1.88. The van der Waals surface area contributed by atoms with Crippen molar-refractivity contribution in [3.05, 3.63) is 74.8 Å². The van der Waals surface area contributed by atoms with Crippen molar-refractivity contribution in [3.63, 3.8) is 0 Å². The lowest BCUT2D eigenvalue weighted by Crippen LogP contribution is -2.47. The molecule has 1 atom stereocenters. The quantitative estimate of drug-likeness (QED) is 0.477. The van der Waals surface area contributed by atoms with E-state index in [1.807, 2.05) is 48.5 Å². The number of halogens is 2. The van der Waals surface area contributed by atoms with Crippen molar-refractivity contribution in [1.82, 2.24) is 20.8 Å². The van der Waals surface area contributed by atoms with E-state index in [-0.39, 0.29) is 11.8 Å². The summed E-state index contributed by atoms with van der Waals surface area (Å²) in [6.45, 7) is 0. The van der Waals surface area contributed by atoms with Crippen molar-refractivity contribution in [2.75, 3.05) is 7.05 Å². The Morgan fingerprint density at radius 3 is 2.50 bits per heavy atom. The van der Waals surface area contributed by atoms with E-state index in [4.69, 9.17) is 0 Å². The molecular formula is C20H18Br2N4O2. The van der Waals surface area contributed by atoms with Crippen LogP contribution in [-0.4, -0.2) is 35.1 Å². The molecule has 28 heavy (non-hydrogen) atoms. The number of H-pyrrole nitrogens is 1. The molecule has 2 amide bonds. The number of hydrogen-bond acceptors (Lipinski definition) is 3. The molecule has 1 unspecified atom stereocenters. The first kappa shape index (κ1) is 20.3. The van der Waals surface area contributed by atoms with E-state index < -0.39 is 6.04 Å². The molecule has 1 aromatic heterocycles. The molecule has 2 aromatic carbocycles. The standard InChI is InChI=1S/C20H18Br2N4O2/c1-23-19(27)17(10-12-3-2-4-15(22)9-12)24-20(28)18-11-16(25-26-18)13-5-7-14(21)8-6-13/h2-9,11,17H,10H2,1H3,(H,23,27)(H,24,28)(H,25,26). The van der Waals surface area contributed by atoms with Crippen LogP contribution in [0.15, 0.2) is 63.5 Å². The summed E-state index contributed by atoms with van der Waals surface area (Å²) in [5.74, 6) is -0.652. The third kappa shape index (κ3) is 5.08. The zero-order valence-electron chi connectivity index (χ0n) is 15.0. The molecule has 0 fully saturated rings. The molecule has 6 nitrogen and oxygen atoms in total. The number of carbonyl (C=O) groups excluding carboxylic acids is 2. The minimum absolute atomic E-state index is 0.263. The first-order valence-electron chi connectivity index (χ1n) is 8.54. The normalized spacial score (nSPS) is 11.7. The molecule has 8 heteroatoms. The summed E-state index contributed by atoms with van der Waals surface area (Å²) in [5.41, 5.74) is 2.76. The monoisotopic (exact) mass is 504 g/mol. The Labute approximate surface area is 179 Å². The fourth-order valence-electron chi connectivity index (χ4n) is 2.73. The summed E-state index contributed by atoms with van der Waals surface area (Å²) in [7, 11) is 1.55. The van der Waals surface area contributed by atoms with Gasteiger partial charge in [-0.1, -0.05) is 56.1 Å². The van der Waals surface area contributed by atoms with Gasteiger partial charge in [0.05, 0.1) is 5.69 Å². The Bertz CT molecular complexity index is 986. The molecule has 3 aromatic rings. The van der Waals surface area contributed by atoms with Crippen molar-refractivity contribution >= 4 is 43.7 Å². The largest absolute Gasteiger partial charge is 0.357 e. The molecule has 3 rings (SSSR count). The predicted molar refractivity (Wildman–Crippen MR) is 115 cm³/mol. The van der Waals surface area contributed by atoms with Gasteiger partial charge in [0.2, 0.25) is 5.91 Å². The third-order valence-electron chi connectivity index (χ3n) is 4.16. The van der Waals surface area contributed by atoms with E-state index >= 15 is 0 Å². The Hall–Kier alpha value is -2.45. The van der Waals surface area contributed by atoms with Crippen LogP contribution in [0.2, 0.25) is 0 Å². The first-order chi connectivity index (χ1) is 13.5. The lowest BCUT2D eigenvalue weighted by molar-refractivity contribution is -0.122. The van der Waals surface area contributed by atoms with Gasteiger partial charge in [-0.3, -0.25) is 14.7 Å². The lowest BCUT2D eigenvalue weighted by atomic mass is 10.0. The fourth-order valence-corrected chi connectivity index (χ4v) is 3.44. The van der Waals surface area contributed by atoms with Crippen molar-refractivity contribution in [3.8, 4) is 11.3 Å². The van der Waals surface area contributed by atoms with Gasteiger partial charge in [-0.25, -0.2) is 0 Å². The van der Waals surface area contributed by atoms with Gasteiger partial charge in [0, 0.05) is 28.0 Å². The number of benzene rings is 2. The van der Waals surface area contributed by atoms with Gasteiger partial charge in [-0.05, 0) is 35.9 Å². The number of likely N-dealkylation sites (N-methyl/N-ethyl adjacent to an activating group) is 1. The number of amides is 2. The van der Waals surface area contributed by atoms with E-state index in [0.717, 1.165) is 20.1 Å². The molecule has 0 bridgehead atoms. The summed E-state index contributed by atoms with van der Waals surface area (Å²) in [6, 6.07) is 16.2. The highest BCUT2D eigenvalue weighted by Gasteiger charge is 2.22. The number of carbonyl (C=O) groups is 2. The maximum absolute atomic E-state index is 12.7. The number of hydrogen-bond donors (Lipinski definition) is 3. The molecule has 0 saturated heterocycles. The van der Waals surface area contributed by atoms with Gasteiger partial charge in [0.1, 0.15) is 11.7 Å². The Kier molecular flexibility index (Phi) is 6.64. The SMILES string of the molecule is CNC(=O)C(Cc1cccc(Br)c1)NC(=O)c1cc(-c2ccc(Br)cc2)n[nH]1. The van der Waals surface area contributed by atoms with Gasteiger partial charge < -0.3 is 10.6 Å². The van der Waals surface area contributed by atoms with Crippen LogP contribution in [0.25, 0.3) is 11.3 Å². The summed E-state index contributed by atoms with van der Waals surface area (Å²) in [5, 5.41) is 12.3. The molecule has 0 aliphatic heterocycles. The second-order valence-electron chi connectivity index (χ2n) is 6.15. The number of aromatic nitrogens is 2. The second-order valence-corrected chi connectivity index (χ2v) is 7.98. The maximum Gasteiger partial charge on any atom is 0.269 e. The van der Waals surface area contributed by atoms with E-state index in [2.05, 4.69) is 52.7 Å².